The fourth-order valence-electron chi connectivity index (χ4n) is 3.00. The second-order valence-electron chi connectivity index (χ2n) is 6.58. The number of rotatable bonds is 6. The van der Waals surface area contributed by atoms with Gasteiger partial charge in [0.15, 0.2) is 23.3 Å². The number of aryl methyl sites for hydroxylation is 1. The summed E-state index contributed by atoms with van der Waals surface area (Å²) < 4.78 is 98.6. The van der Waals surface area contributed by atoms with Gasteiger partial charge in [-0.05, 0) is 26.0 Å². The fraction of sp³-hybridized carbons (Fsp3) is 0.200. The van der Waals surface area contributed by atoms with Crippen LogP contribution in [0.5, 0.6) is 5.75 Å². The van der Waals surface area contributed by atoms with Crippen molar-refractivity contribution in [3.05, 3.63) is 75.9 Å². The maximum Gasteiger partial charge on any atom is 0.387 e. The molecule has 0 radical (unpaired) electrons. The summed E-state index contributed by atoms with van der Waals surface area (Å²) in [6.45, 7) is -1.20. The van der Waals surface area contributed by atoms with Gasteiger partial charge in [0, 0.05) is 0 Å². The van der Waals surface area contributed by atoms with Crippen molar-refractivity contribution in [2.45, 2.75) is 27.0 Å². The highest BCUT2D eigenvalue weighted by atomic mass is 19.3. The first kappa shape index (κ1) is 23.1. The van der Waals surface area contributed by atoms with Gasteiger partial charge in [-0.1, -0.05) is 12.1 Å². The zero-order valence-corrected chi connectivity index (χ0v) is 16.5. The lowest BCUT2D eigenvalue weighted by atomic mass is 10.1. The number of alkyl halides is 2. The number of hydrogen-bond acceptors (Lipinski definition) is 3. The molecular weight excluding hydrogens is 447 g/mol. The van der Waals surface area contributed by atoms with Gasteiger partial charge < -0.3 is 10.1 Å². The van der Waals surface area contributed by atoms with Crippen LogP contribution in [0.1, 0.15) is 27.3 Å². The number of nitrogens with zero attached hydrogens (tertiary/aromatic N) is 2. The molecule has 3 rings (SSSR count). The third-order valence-electron chi connectivity index (χ3n) is 4.58. The summed E-state index contributed by atoms with van der Waals surface area (Å²) in [4.78, 5) is 12.6. The number of benzene rings is 2. The second-order valence-corrected chi connectivity index (χ2v) is 6.58. The number of amides is 1. The summed E-state index contributed by atoms with van der Waals surface area (Å²) in [5.74, 6) is -11.7. The van der Waals surface area contributed by atoms with Crippen molar-refractivity contribution < 1.29 is 40.3 Å². The predicted octanol–water partition coefficient (Wildman–Crippen LogP) is 5.10. The minimum atomic E-state index is -3.17. The Kier molecular flexibility index (Phi) is 6.42. The number of carbonyl (C=O) groups is 1. The molecule has 32 heavy (non-hydrogen) atoms. The van der Waals surface area contributed by atoms with Crippen LogP contribution in [0.15, 0.2) is 24.3 Å². The van der Waals surface area contributed by atoms with E-state index in [0.717, 1.165) is 10.7 Å². The van der Waals surface area contributed by atoms with Gasteiger partial charge in [-0.15, -0.1) is 0 Å². The minimum Gasteiger partial charge on any atom is -0.434 e. The molecule has 1 amide bonds. The molecule has 0 spiro atoms. The molecule has 5 nitrogen and oxygen atoms in total. The first-order chi connectivity index (χ1) is 15.0. The van der Waals surface area contributed by atoms with Gasteiger partial charge in [0.05, 0.1) is 34.7 Å². The number of nitrogens with one attached hydrogen (secondary N) is 1. The third-order valence-corrected chi connectivity index (χ3v) is 4.58. The molecule has 0 bridgehead atoms. The van der Waals surface area contributed by atoms with Crippen LogP contribution in [-0.4, -0.2) is 22.3 Å². The largest absolute Gasteiger partial charge is 0.434 e. The molecule has 0 atom stereocenters. The van der Waals surface area contributed by atoms with Crippen molar-refractivity contribution in [2.75, 3.05) is 5.32 Å². The molecule has 0 saturated heterocycles. The Morgan fingerprint density at radius 3 is 2.16 bits per heavy atom. The van der Waals surface area contributed by atoms with E-state index in [1.54, 1.807) is 0 Å². The van der Waals surface area contributed by atoms with E-state index in [-0.39, 0.29) is 28.4 Å². The van der Waals surface area contributed by atoms with Gasteiger partial charge in [-0.3, -0.25) is 9.48 Å². The maximum absolute atomic E-state index is 14.0. The van der Waals surface area contributed by atoms with Gasteiger partial charge in [-0.2, -0.15) is 13.9 Å². The Bertz CT molecular complexity index is 1170. The summed E-state index contributed by atoms with van der Waals surface area (Å²) in [7, 11) is 0. The van der Waals surface area contributed by atoms with Crippen molar-refractivity contribution in [2.24, 2.45) is 0 Å². The number of carbonyl (C=O) groups excluding carboxylic acids is 1. The lowest BCUT2D eigenvalue weighted by molar-refractivity contribution is -0.0501. The topological polar surface area (TPSA) is 56.2 Å². The number of hydrogen-bond donors (Lipinski definition) is 1. The Hall–Kier alpha value is -3.57. The van der Waals surface area contributed by atoms with Gasteiger partial charge in [0.1, 0.15) is 5.75 Å². The lowest BCUT2D eigenvalue weighted by Gasteiger charge is -2.12. The van der Waals surface area contributed by atoms with Crippen LogP contribution < -0.4 is 10.1 Å². The van der Waals surface area contributed by atoms with Crippen LogP contribution in [0, 0.1) is 42.9 Å². The molecule has 12 heteroatoms. The molecule has 2 aromatic carbocycles. The number of ether oxygens (including phenoxy) is 1. The molecule has 3 aromatic rings. The Labute approximate surface area is 176 Å². The highest BCUT2D eigenvalue weighted by molar-refractivity contribution is 6.06. The molecule has 0 unspecified atom stereocenters. The second kappa shape index (κ2) is 8.89. The molecule has 0 fully saturated rings. The smallest absolute Gasteiger partial charge is 0.387 e. The predicted molar refractivity (Wildman–Crippen MR) is 98.1 cm³/mol. The summed E-state index contributed by atoms with van der Waals surface area (Å²) >= 11 is 0. The standard InChI is InChI=1S/C20H14F7N3O2/c1-8-18(28-19(31)10-5-3-4-6-12(10)32-20(26)27)9(2)30(29-8)7-11-13(21)15(23)17(25)16(24)14(11)22/h3-6,20H,7H2,1-2H3,(H,28,31). The number of halogens is 7. The Morgan fingerprint density at radius 1 is 1.00 bits per heavy atom. The van der Waals surface area contributed by atoms with Crippen molar-refractivity contribution in [3.8, 4) is 5.75 Å². The fourth-order valence-corrected chi connectivity index (χ4v) is 3.00. The van der Waals surface area contributed by atoms with Gasteiger partial charge in [-0.25, -0.2) is 22.0 Å². The van der Waals surface area contributed by atoms with E-state index in [0.29, 0.717) is 0 Å². The SMILES string of the molecule is Cc1nn(Cc2c(F)c(F)c(F)c(F)c2F)c(C)c1NC(=O)c1ccccc1OC(F)F. The van der Waals surface area contributed by atoms with Crippen molar-refractivity contribution in [1.29, 1.82) is 0 Å². The number of para-hydroxylation sites is 1. The van der Waals surface area contributed by atoms with Gasteiger partial charge in [0.25, 0.3) is 5.91 Å². The lowest BCUT2D eigenvalue weighted by Crippen LogP contribution is -2.16. The Morgan fingerprint density at radius 2 is 1.56 bits per heavy atom. The van der Waals surface area contributed by atoms with E-state index in [2.05, 4.69) is 15.2 Å². The first-order valence-corrected chi connectivity index (χ1v) is 8.92. The normalized spacial score (nSPS) is 11.2. The summed E-state index contributed by atoms with van der Waals surface area (Å²) in [6.07, 6.45) is 0. The van der Waals surface area contributed by atoms with Crippen LogP contribution in [-0.2, 0) is 6.54 Å². The zero-order chi connectivity index (χ0) is 23.7. The zero-order valence-electron chi connectivity index (χ0n) is 16.5. The van der Waals surface area contributed by atoms with Crippen LogP contribution >= 0.6 is 0 Å². The van der Waals surface area contributed by atoms with E-state index < -0.39 is 53.7 Å². The third kappa shape index (κ3) is 4.25. The van der Waals surface area contributed by atoms with Gasteiger partial charge in [0.2, 0.25) is 5.82 Å². The van der Waals surface area contributed by atoms with Crippen molar-refractivity contribution in [1.82, 2.24) is 9.78 Å². The molecule has 1 heterocycles. The average Bonchev–Trinajstić information content (AvgIpc) is 3.01. The van der Waals surface area contributed by atoms with E-state index in [4.69, 9.17) is 0 Å². The van der Waals surface area contributed by atoms with Crippen LogP contribution in [0.2, 0.25) is 0 Å². The number of aromatic nitrogens is 2. The summed E-state index contributed by atoms with van der Waals surface area (Å²) in [5.41, 5.74) is -1.01. The van der Waals surface area contributed by atoms with Crippen molar-refractivity contribution in [3.63, 3.8) is 0 Å². The van der Waals surface area contributed by atoms with E-state index in [9.17, 15) is 35.5 Å². The highest BCUT2D eigenvalue weighted by Gasteiger charge is 2.27. The molecular formula is C20H14F7N3O2. The van der Waals surface area contributed by atoms with E-state index >= 15 is 0 Å². The minimum absolute atomic E-state index is 0.0609. The summed E-state index contributed by atoms with van der Waals surface area (Å²) in [5, 5.41) is 6.40. The van der Waals surface area contributed by atoms with Crippen LogP contribution in [0.3, 0.4) is 0 Å². The van der Waals surface area contributed by atoms with E-state index in [1.807, 2.05) is 0 Å². The molecule has 0 aliphatic heterocycles. The number of anilines is 1. The molecule has 0 saturated carbocycles. The molecule has 0 aliphatic rings. The van der Waals surface area contributed by atoms with Crippen molar-refractivity contribution >= 4 is 11.6 Å². The maximum atomic E-state index is 14.0. The summed E-state index contributed by atoms with van der Waals surface area (Å²) in [6, 6.07) is 5.19. The Balaban J connectivity index is 1.93. The molecule has 1 N–H and O–H groups in total. The first-order valence-electron chi connectivity index (χ1n) is 8.92. The highest BCUT2D eigenvalue weighted by Crippen LogP contribution is 2.27. The molecule has 0 aliphatic carbocycles. The van der Waals surface area contributed by atoms with Gasteiger partial charge >= 0.3 is 6.61 Å². The van der Waals surface area contributed by atoms with Crippen LogP contribution in [0.25, 0.3) is 0 Å². The molecule has 1 aromatic heterocycles. The average molecular weight is 461 g/mol. The quantitative estimate of drug-likeness (QED) is 0.316. The molecule has 170 valence electrons. The van der Waals surface area contributed by atoms with Crippen LogP contribution in [0.4, 0.5) is 36.4 Å². The monoisotopic (exact) mass is 461 g/mol. The van der Waals surface area contributed by atoms with E-state index in [1.165, 1.54) is 32.0 Å².